The first kappa shape index (κ1) is 12.4. The number of fused-ring (bicyclic) bond motifs is 1. The van der Waals surface area contributed by atoms with Crippen molar-refractivity contribution in [2.24, 2.45) is 0 Å². The van der Waals surface area contributed by atoms with E-state index in [2.05, 4.69) is 17.6 Å². The molecule has 0 aromatic heterocycles. The molecule has 1 aliphatic carbocycles. The Morgan fingerprint density at radius 2 is 2.11 bits per heavy atom. The van der Waals surface area contributed by atoms with E-state index < -0.39 is 0 Å². The normalized spacial score (nSPS) is 21.4. The highest BCUT2D eigenvalue weighted by Crippen LogP contribution is 2.33. The molecule has 0 atom stereocenters. The van der Waals surface area contributed by atoms with Gasteiger partial charge < -0.3 is 4.84 Å². The standard InChI is InChI=1S/C16H19NO2/c1-16(2)14-10-12(11-6-4-3-5-7-11)8-9-13(14)15(18)19-17-16/h6,8-10,17H,3-5,7H2,1-2H3. The lowest BCUT2D eigenvalue weighted by Gasteiger charge is -2.32. The Bertz CT molecular complexity index is 558. The molecule has 0 saturated heterocycles. The number of carbonyl (C=O) groups excluding carboxylic acids is 1. The summed E-state index contributed by atoms with van der Waals surface area (Å²) in [4.78, 5) is 16.8. The molecule has 0 fully saturated rings. The highest BCUT2D eigenvalue weighted by atomic mass is 16.7. The lowest BCUT2D eigenvalue weighted by atomic mass is 9.85. The first-order valence-electron chi connectivity index (χ1n) is 6.90. The van der Waals surface area contributed by atoms with Crippen molar-refractivity contribution in [1.29, 1.82) is 0 Å². The van der Waals surface area contributed by atoms with Crippen molar-refractivity contribution in [3.8, 4) is 0 Å². The molecule has 0 spiro atoms. The molecule has 1 heterocycles. The van der Waals surface area contributed by atoms with Crippen molar-refractivity contribution in [1.82, 2.24) is 5.48 Å². The average molecular weight is 257 g/mol. The van der Waals surface area contributed by atoms with Crippen molar-refractivity contribution in [2.75, 3.05) is 0 Å². The fourth-order valence-corrected chi connectivity index (χ4v) is 2.82. The van der Waals surface area contributed by atoms with E-state index in [1.54, 1.807) is 0 Å². The summed E-state index contributed by atoms with van der Waals surface area (Å²) in [5.74, 6) is -0.293. The van der Waals surface area contributed by atoms with Crippen molar-refractivity contribution in [3.63, 3.8) is 0 Å². The Kier molecular flexibility index (Phi) is 2.94. The van der Waals surface area contributed by atoms with Gasteiger partial charge in [-0.25, -0.2) is 4.79 Å². The monoisotopic (exact) mass is 257 g/mol. The van der Waals surface area contributed by atoms with Crippen LogP contribution in [-0.4, -0.2) is 5.97 Å². The molecule has 0 radical (unpaired) electrons. The second-order valence-corrected chi connectivity index (χ2v) is 5.85. The Balaban J connectivity index is 2.07. The molecule has 1 aliphatic heterocycles. The number of allylic oxidation sites excluding steroid dienone is 2. The highest BCUT2D eigenvalue weighted by molar-refractivity contribution is 5.93. The van der Waals surface area contributed by atoms with E-state index in [4.69, 9.17) is 4.84 Å². The topological polar surface area (TPSA) is 38.3 Å². The lowest BCUT2D eigenvalue weighted by molar-refractivity contribution is -0.00803. The first-order chi connectivity index (χ1) is 9.08. The zero-order valence-corrected chi connectivity index (χ0v) is 11.5. The molecular weight excluding hydrogens is 238 g/mol. The largest absolute Gasteiger partial charge is 0.366 e. The Morgan fingerprint density at radius 3 is 2.84 bits per heavy atom. The molecule has 0 bridgehead atoms. The molecule has 3 rings (SSSR count). The third kappa shape index (κ3) is 2.19. The summed E-state index contributed by atoms with van der Waals surface area (Å²) in [5.41, 5.74) is 6.82. The van der Waals surface area contributed by atoms with Crippen LogP contribution in [0.2, 0.25) is 0 Å². The van der Waals surface area contributed by atoms with E-state index in [1.807, 2.05) is 26.0 Å². The minimum absolute atomic E-state index is 0.293. The van der Waals surface area contributed by atoms with Gasteiger partial charge in [0, 0.05) is 0 Å². The molecule has 3 nitrogen and oxygen atoms in total. The van der Waals surface area contributed by atoms with Gasteiger partial charge in [-0.15, -0.1) is 5.48 Å². The van der Waals surface area contributed by atoms with E-state index in [0.29, 0.717) is 5.56 Å². The Morgan fingerprint density at radius 1 is 1.26 bits per heavy atom. The van der Waals surface area contributed by atoms with Crippen LogP contribution in [0.15, 0.2) is 24.3 Å². The van der Waals surface area contributed by atoms with Gasteiger partial charge in [0.05, 0.1) is 11.1 Å². The molecule has 0 saturated carbocycles. The lowest BCUT2D eigenvalue weighted by Crippen LogP contribution is -2.43. The fourth-order valence-electron chi connectivity index (χ4n) is 2.82. The molecule has 19 heavy (non-hydrogen) atoms. The summed E-state index contributed by atoms with van der Waals surface area (Å²) in [7, 11) is 0. The van der Waals surface area contributed by atoms with Crippen LogP contribution in [0, 0.1) is 0 Å². The molecule has 0 amide bonds. The summed E-state index contributed by atoms with van der Waals surface area (Å²) in [6, 6.07) is 6.07. The SMILES string of the molecule is CC1(C)NOC(=O)c2ccc(C3=CCCCC3)cc21. The number of hydrogen-bond acceptors (Lipinski definition) is 3. The van der Waals surface area contributed by atoms with Crippen LogP contribution in [0.25, 0.3) is 5.57 Å². The van der Waals surface area contributed by atoms with Gasteiger partial charge in [-0.05, 0) is 68.4 Å². The molecule has 100 valence electrons. The number of hydroxylamine groups is 1. The predicted octanol–water partition coefficient (Wildman–Crippen LogP) is 3.55. The maximum absolute atomic E-state index is 11.8. The third-order valence-electron chi connectivity index (χ3n) is 3.97. The molecule has 1 N–H and O–H groups in total. The van der Waals surface area contributed by atoms with Crippen LogP contribution in [0.1, 0.15) is 61.0 Å². The minimum Gasteiger partial charge on any atom is -0.366 e. The van der Waals surface area contributed by atoms with Gasteiger partial charge in [0.2, 0.25) is 0 Å². The molecular formula is C16H19NO2. The molecule has 1 aromatic carbocycles. The van der Waals surface area contributed by atoms with E-state index in [0.717, 1.165) is 18.4 Å². The smallest absolute Gasteiger partial charge is 0.357 e. The molecule has 2 aliphatic rings. The molecule has 0 unspecified atom stereocenters. The average Bonchev–Trinajstić information content (AvgIpc) is 2.44. The number of benzene rings is 1. The minimum atomic E-state index is -0.339. The number of hydrogen-bond donors (Lipinski definition) is 1. The van der Waals surface area contributed by atoms with Crippen LogP contribution in [-0.2, 0) is 10.4 Å². The summed E-state index contributed by atoms with van der Waals surface area (Å²) >= 11 is 0. The van der Waals surface area contributed by atoms with E-state index in [9.17, 15) is 4.79 Å². The molecule has 3 heteroatoms. The summed E-state index contributed by atoms with van der Waals surface area (Å²) in [5, 5.41) is 0. The van der Waals surface area contributed by atoms with Gasteiger partial charge in [-0.1, -0.05) is 12.1 Å². The van der Waals surface area contributed by atoms with Crippen LogP contribution in [0.4, 0.5) is 0 Å². The van der Waals surface area contributed by atoms with Crippen LogP contribution >= 0.6 is 0 Å². The molecule has 1 aromatic rings. The first-order valence-corrected chi connectivity index (χ1v) is 6.90. The Labute approximate surface area is 113 Å². The summed E-state index contributed by atoms with van der Waals surface area (Å²) < 4.78 is 0. The maximum atomic E-state index is 11.8. The van der Waals surface area contributed by atoms with Gasteiger partial charge >= 0.3 is 5.97 Å². The maximum Gasteiger partial charge on any atom is 0.357 e. The zero-order valence-electron chi connectivity index (χ0n) is 11.5. The number of rotatable bonds is 1. The number of carbonyl (C=O) groups is 1. The van der Waals surface area contributed by atoms with Gasteiger partial charge in [-0.2, -0.15) is 0 Å². The van der Waals surface area contributed by atoms with Gasteiger partial charge in [0.25, 0.3) is 0 Å². The van der Waals surface area contributed by atoms with E-state index in [-0.39, 0.29) is 11.5 Å². The van der Waals surface area contributed by atoms with Crippen molar-refractivity contribution in [3.05, 3.63) is 41.0 Å². The van der Waals surface area contributed by atoms with Gasteiger partial charge in [-0.3, -0.25) is 0 Å². The highest BCUT2D eigenvalue weighted by Gasteiger charge is 2.33. The zero-order chi connectivity index (χ0) is 13.5. The van der Waals surface area contributed by atoms with Gasteiger partial charge in [0.1, 0.15) is 0 Å². The van der Waals surface area contributed by atoms with Crippen molar-refractivity contribution in [2.45, 2.75) is 45.1 Å². The predicted molar refractivity (Wildman–Crippen MR) is 74.5 cm³/mol. The van der Waals surface area contributed by atoms with E-state index >= 15 is 0 Å². The number of nitrogens with one attached hydrogen (secondary N) is 1. The van der Waals surface area contributed by atoms with E-state index in [1.165, 1.54) is 24.0 Å². The van der Waals surface area contributed by atoms with Crippen LogP contribution in [0.5, 0.6) is 0 Å². The Hall–Kier alpha value is -1.61. The second-order valence-electron chi connectivity index (χ2n) is 5.85. The van der Waals surface area contributed by atoms with Crippen molar-refractivity contribution < 1.29 is 9.63 Å². The second kappa shape index (κ2) is 4.49. The summed E-state index contributed by atoms with van der Waals surface area (Å²) in [6.45, 7) is 4.05. The van der Waals surface area contributed by atoms with Crippen molar-refractivity contribution >= 4 is 11.5 Å². The van der Waals surface area contributed by atoms with Crippen LogP contribution < -0.4 is 5.48 Å². The quantitative estimate of drug-likeness (QED) is 0.836. The fraction of sp³-hybridized carbons (Fsp3) is 0.438. The van der Waals surface area contributed by atoms with Crippen LogP contribution in [0.3, 0.4) is 0 Å². The third-order valence-corrected chi connectivity index (χ3v) is 3.97. The summed E-state index contributed by atoms with van der Waals surface area (Å²) in [6.07, 6.45) is 7.17. The van der Waals surface area contributed by atoms with Gasteiger partial charge in [0.15, 0.2) is 0 Å².